The van der Waals surface area contributed by atoms with Crippen molar-refractivity contribution in [2.24, 2.45) is 0 Å². The summed E-state index contributed by atoms with van der Waals surface area (Å²) in [5.74, 6) is 0.734. The lowest BCUT2D eigenvalue weighted by atomic mass is 9.66. The molecular formula is C53H32N2S. The van der Waals surface area contributed by atoms with Gasteiger partial charge in [0.15, 0.2) is 5.82 Å². The molecule has 0 amide bonds. The Morgan fingerprint density at radius 3 is 1.64 bits per heavy atom. The predicted octanol–water partition coefficient (Wildman–Crippen LogP) is 13.8. The molecule has 260 valence electrons. The van der Waals surface area contributed by atoms with Gasteiger partial charge in [-0.05, 0) is 72.1 Å². The standard InChI is InChI=1S/C53H32N2S/c1-2-13-33(14-3-1)34-25-27-37(28-26-34)49-41-20-9-11-24-47(41)54-52(55-49)42-21-12-23-44-48(42)40-19-8-10-22-43(40)53(44)45-31-29-35-15-4-6-17-38(35)50(45)56-51-39-18-7-5-16-36(39)30-32-46(51)53/h1-32H. The second kappa shape index (κ2) is 12.1. The molecule has 0 fully saturated rings. The Bertz CT molecular complexity index is 3140. The number of nitrogens with zero attached hydrogens (tertiary/aromatic N) is 2. The summed E-state index contributed by atoms with van der Waals surface area (Å²) in [6.45, 7) is 0. The van der Waals surface area contributed by atoms with Gasteiger partial charge in [-0.3, -0.25) is 0 Å². The van der Waals surface area contributed by atoms with E-state index in [1.807, 2.05) is 11.8 Å². The molecule has 1 aromatic heterocycles. The van der Waals surface area contributed by atoms with E-state index in [0.717, 1.165) is 33.5 Å². The molecule has 0 radical (unpaired) electrons. The molecule has 10 aromatic rings. The van der Waals surface area contributed by atoms with Crippen LogP contribution in [-0.4, -0.2) is 9.97 Å². The van der Waals surface area contributed by atoms with E-state index in [0.29, 0.717) is 0 Å². The average molecular weight is 729 g/mol. The van der Waals surface area contributed by atoms with Crippen molar-refractivity contribution in [3.05, 3.63) is 216 Å². The number of hydrogen-bond acceptors (Lipinski definition) is 3. The molecule has 0 bridgehead atoms. The molecular weight excluding hydrogens is 697 g/mol. The van der Waals surface area contributed by atoms with Crippen molar-refractivity contribution in [3.8, 4) is 44.9 Å². The van der Waals surface area contributed by atoms with Gasteiger partial charge in [-0.25, -0.2) is 9.97 Å². The number of aromatic nitrogens is 2. The normalized spacial score (nSPS) is 13.4. The Balaban J connectivity index is 1.14. The van der Waals surface area contributed by atoms with Crippen LogP contribution in [0.1, 0.15) is 22.3 Å². The van der Waals surface area contributed by atoms with Gasteiger partial charge in [-0.15, -0.1) is 0 Å². The summed E-state index contributed by atoms with van der Waals surface area (Å²) in [4.78, 5) is 13.5. The lowest BCUT2D eigenvalue weighted by molar-refractivity contribution is 0.729. The number of para-hydroxylation sites is 1. The fourth-order valence-corrected chi connectivity index (χ4v) is 11.0. The van der Waals surface area contributed by atoms with E-state index < -0.39 is 5.41 Å². The van der Waals surface area contributed by atoms with E-state index in [2.05, 4.69) is 194 Å². The van der Waals surface area contributed by atoms with E-state index in [9.17, 15) is 0 Å². The zero-order valence-corrected chi connectivity index (χ0v) is 31.1. The quantitative estimate of drug-likeness (QED) is 0.181. The van der Waals surface area contributed by atoms with Crippen LogP contribution in [-0.2, 0) is 5.41 Å². The van der Waals surface area contributed by atoms with Crippen LogP contribution in [0.3, 0.4) is 0 Å². The highest BCUT2D eigenvalue weighted by molar-refractivity contribution is 8.00. The van der Waals surface area contributed by atoms with Crippen molar-refractivity contribution in [1.29, 1.82) is 0 Å². The van der Waals surface area contributed by atoms with Gasteiger partial charge in [0.2, 0.25) is 0 Å². The third-order valence-electron chi connectivity index (χ3n) is 11.9. The van der Waals surface area contributed by atoms with Gasteiger partial charge in [0.05, 0.1) is 16.6 Å². The highest BCUT2D eigenvalue weighted by atomic mass is 32.2. The molecule has 3 heteroatoms. The summed E-state index contributed by atoms with van der Waals surface area (Å²) >= 11 is 1.93. The monoisotopic (exact) mass is 728 g/mol. The SMILES string of the molecule is c1ccc(-c2ccc(-c3nc(-c4cccc5c4-c4ccccc4C54c5ccc6ccccc6c5Sc5c4ccc4ccccc54)nc4ccccc34)cc2)cc1. The van der Waals surface area contributed by atoms with Crippen LogP contribution >= 0.6 is 11.8 Å². The Morgan fingerprint density at radius 1 is 0.357 bits per heavy atom. The van der Waals surface area contributed by atoms with Gasteiger partial charge in [0.25, 0.3) is 0 Å². The van der Waals surface area contributed by atoms with Gasteiger partial charge in [-0.2, -0.15) is 0 Å². The molecule has 1 aliphatic heterocycles. The minimum Gasteiger partial charge on any atom is -0.228 e. The molecule has 0 N–H and O–H groups in total. The maximum Gasteiger partial charge on any atom is 0.161 e. The van der Waals surface area contributed by atoms with Gasteiger partial charge in [0, 0.05) is 26.3 Å². The predicted molar refractivity (Wildman–Crippen MR) is 232 cm³/mol. The van der Waals surface area contributed by atoms with Crippen LogP contribution in [0.25, 0.3) is 77.3 Å². The third-order valence-corrected chi connectivity index (χ3v) is 13.2. The summed E-state index contributed by atoms with van der Waals surface area (Å²) in [7, 11) is 0. The number of rotatable bonds is 3. The molecule has 2 aliphatic rings. The van der Waals surface area contributed by atoms with Gasteiger partial charge in [0.1, 0.15) is 0 Å². The zero-order chi connectivity index (χ0) is 36.8. The Kier molecular flexibility index (Phi) is 6.81. The highest BCUT2D eigenvalue weighted by Crippen LogP contribution is 2.65. The molecule has 0 unspecified atom stereocenters. The minimum absolute atomic E-state index is 0.543. The van der Waals surface area contributed by atoms with Gasteiger partial charge >= 0.3 is 0 Å². The Hall–Kier alpha value is -6.81. The first-order valence-corrected chi connectivity index (χ1v) is 20.0. The van der Waals surface area contributed by atoms with Gasteiger partial charge in [-0.1, -0.05) is 200 Å². The molecule has 0 saturated heterocycles. The fourth-order valence-electron chi connectivity index (χ4n) is 9.51. The lowest BCUT2D eigenvalue weighted by Gasteiger charge is -2.40. The van der Waals surface area contributed by atoms with E-state index in [1.54, 1.807) is 0 Å². The van der Waals surface area contributed by atoms with E-state index in [4.69, 9.17) is 9.97 Å². The van der Waals surface area contributed by atoms with Crippen molar-refractivity contribution in [1.82, 2.24) is 9.97 Å². The second-order valence-electron chi connectivity index (χ2n) is 14.8. The summed E-state index contributed by atoms with van der Waals surface area (Å²) < 4.78 is 0. The third kappa shape index (κ3) is 4.40. The molecule has 0 atom stereocenters. The highest BCUT2D eigenvalue weighted by Gasteiger charge is 2.51. The van der Waals surface area contributed by atoms with Gasteiger partial charge < -0.3 is 0 Å². The van der Waals surface area contributed by atoms with Crippen LogP contribution in [0.15, 0.2) is 204 Å². The van der Waals surface area contributed by atoms with E-state index >= 15 is 0 Å². The van der Waals surface area contributed by atoms with E-state index in [-0.39, 0.29) is 0 Å². The zero-order valence-electron chi connectivity index (χ0n) is 30.3. The number of hydrogen-bond donors (Lipinski definition) is 0. The number of benzene rings is 9. The molecule has 2 nitrogen and oxygen atoms in total. The molecule has 1 spiro atoms. The summed E-state index contributed by atoms with van der Waals surface area (Å²) in [6, 6.07) is 70.7. The molecule has 0 saturated carbocycles. The van der Waals surface area contributed by atoms with Crippen molar-refractivity contribution >= 4 is 44.2 Å². The molecule has 2 heterocycles. The minimum atomic E-state index is -0.543. The molecule has 9 aromatic carbocycles. The number of fused-ring (bicyclic) bond motifs is 14. The van der Waals surface area contributed by atoms with Crippen molar-refractivity contribution in [3.63, 3.8) is 0 Å². The van der Waals surface area contributed by atoms with Crippen LogP contribution < -0.4 is 0 Å². The summed E-state index contributed by atoms with van der Waals surface area (Å²) in [5, 5.41) is 6.13. The molecule has 1 aliphatic carbocycles. The van der Waals surface area contributed by atoms with Crippen molar-refractivity contribution in [2.75, 3.05) is 0 Å². The first-order valence-electron chi connectivity index (χ1n) is 19.2. The average Bonchev–Trinajstić information content (AvgIpc) is 3.57. The first-order chi connectivity index (χ1) is 27.8. The Morgan fingerprint density at radius 2 is 0.911 bits per heavy atom. The maximum absolute atomic E-state index is 5.48. The topological polar surface area (TPSA) is 25.8 Å². The van der Waals surface area contributed by atoms with Crippen molar-refractivity contribution in [2.45, 2.75) is 15.2 Å². The van der Waals surface area contributed by atoms with Crippen LogP contribution in [0.2, 0.25) is 0 Å². The van der Waals surface area contributed by atoms with Crippen molar-refractivity contribution < 1.29 is 0 Å². The smallest absolute Gasteiger partial charge is 0.161 e. The summed E-state index contributed by atoms with van der Waals surface area (Å²) in [5.41, 5.74) is 13.5. The molecule has 12 rings (SSSR count). The maximum atomic E-state index is 5.48. The lowest BCUT2D eigenvalue weighted by Crippen LogP contribution is -2.32. The van der Waals surface area contributed by atoms with Crippen LogP contribution in [0, 0.1) is 0 Å². The van der Waals surface area contributed by atoms with E-state index in [1.165, 1.54) is 75.8 Å². The van der Waals surface area contributed by atoms with Crippen LogP contribution in [0.4, 0.5) is 0 Å². The Labute approximate surface area is 329 Å². The fraction of sp³-hybridized carbons (Fsp3) is 0.0189. The second-order valence-corrected chi connectivity index (χ2v) is 15.8. The van der Waals surface area contributed by atoms with Crippen LogP contribution in [0.5, 0.6) is 0 Å². The summed E-state index contributed by atoms with van der Waals surface area (Å²) in [6.07, 6.45) is 0. The largest absolute Gasteiger partial charge is 0.228 e. The molecule has 56 heavy (non-hydrogen) atoms. The first kappa shape index (κ1) is 31.5.